The van der Waals surface area contributed by atoms with Crippen molar-refractivity contribution in [1.29, 1.82) is 0 Å². The van der Waals surface area contributed by atoms with E-state index in [4.69, 9.17) is 0 Å². The summed E-state index contributed by atoms with van der Waals surface area (Å²) in [5.74, 6) is 0. The third-order valence-corrected chi connectivity index (χ3v) is 4.66. The molecule has 0 bridgehead atoms. The highest BCUT2D eigenvalue weighted by Gasteiger charge is 2.38. The summed E-state index contributed by atoms with van der Waals surface area (Å²) >= 11 is 0. The van der Waals surface area contributed by atoms with Crippen LogP contribution >= 0.6 is 0 Å². The molecule has 1 fully saturated rings. The molecule has 0 amide bonds. The van der Waals surface area contributed by atoms with E-state index in [0.717, 1.165) is 32.4 Å². The van der Waals surface area contributed by atoms with E-state index in [2.05, 4.69) is 43.0 Å². The van der Waals surface area contributed by atoms with Crippen molar-refractivity contribution in [3.05, 3.63) is 35.4 Å². The average Bonchev–Trinajstić information content (AvgIpc) is 2.76. The third-order valence-electron chi connectivity index (χ3n) is 4.66. The number of hydrogen-bond acceptors (Lipinski definition) is 2. The lowest BCUT2D eigenvalue weighted by Crippen LogP contribution is -2.47. The molecule has 0 radical (unpaired) electrons. The van der Waals surface area contributed by atoms with E-state index in [1.165, 1.54) is 11.1 Å². The quantitative estimate of drug-likeness (QED) is 0.822. The fourth-order valence-corrected chi connectivity index (χ4v) is 3.50. The van der Waals surface area contributed by atoms with E-state index in [-0.39, 0.29) is 6.10 Å². The van der Waals surface area contributed by atoms with E-state index in [1.807, 2.05) is 0 Å². The molecule has 2 aliphatic rings. The first-order valence-corrected chi connectivity index (χ1v) is 7.04. The van der Waals surface area contributed by atoms with Gasteiger partial charge >= 0.3 is 0 Å². The number of aliphatic hydroxyl groups excluding tert-OH is 1. The molecule has 18 heavy (non-hydrogen) atoms. The Labute approximate surface area is 110 Å². The lowest BCUT2D eigenvalue weighted by Gasteiger charge is -2.42. The molecule has 1 N–H and O–H groups in total. The first-order chi connectivity index (χ1) is 8.55. The molecule has 0 spiro atoms. The SMILES string of the molecule is CC1(C)CCC(O)C(N2Cc3ccccc3C2)C1. The Kier molecular flexibility index (Phi) is 2.95. The average molecular weight is 245 g/mol. The van der Waals surface area contributed by atoms with Crippen LogP contribution in [0.25, 0.3) is 0 Å². The van der Waals surface area contributed by atoms with Crippen molar-refractivity contribution in [2.45, 2.75) is 58.3 Å². The van der Waals surface area contributed by atoms with Gasteiger partial charge in [0.2, 0.25) is 0 Å². The molecule has 1 aliphatic carbocycles. The van der Waals surface area contributed by atoms with Gasteiger partial charge in [-0.3, -0.25) is 4.90 Å². The molecule has 2 unspecified atom stereocenters. The lowest BCUT2D eigenvalue weighted by atomic mass is 9.73. The third kappa shape index (κ3) is 2.19. The molecule has 3 rings (SSSR count). The van der Waals surface area contributed by atoms with Gasteiger partial charge in [-0.1, -0.05) is 38.1 Å². The van der Waals surface area contributed by atoms with Gasteiger partial charge in [-0.15, -0.1) is 0 Å². The maximum atomic E-state index is 10.3. The van der Waals surface area contributed by atoms with Gasteiger partial charge in [0.15, 0.2) is 0 Å². The van der Waals surface area contributed by atoms with Crippen LogP contribution in [0.4, 0.5) is 0 Å². The number of fused-ring (bicyclic) bond motifs is 1. The minimum Gasteiger partial charge on any atom is -0.391 e. The largest absolute Gasteiger partial charge is 0.391 e. The zero-order valence-electron chi connectivity index (χ0n) is 11.4. The summed E-state index contributed by atoms with van der Waals surface area (Å²) in [7, 11) is 0. The van der Waals surface area contributed by atoms with Crippen molar-refractivity contribution >= 4 is 0 Å². The van der Waals surface area contributed by atoms with Crippen LogP contribution in [0.15, 0.2) is 24.3 Å². The minimum atomic E-state index is -0.146. The molecule has 1 aromatic carbocycles. The van der Waals surface area contributed by atoms with Crippen molar-refractivity contribution in [1.82, 2.24) is 4.90 Å². The highest BCUT2D eigenvalue weighted by atomic mass is 16.3. The van der Waals surface area contributed by atoms with Crippen molar-refractivity contribution in [3.63, 3.8) is 0 Å². The van der Waals surface area contributed by atoms with Crippen LogP contribution in [-0.4, -0.2) is 22.2 Å². The predicted molar refractivity (Wildman–Crippen MR) is 73.1 cm³/mol. The molecule has 1 aliphatic heterocycles. The second-order valence-corrected chi connectivity index (χ2v) is 6.72. The van der Waals surface area contributed by atoms with Gasteiger partial charge in [0.05, 0.1) is 6.10 Å². The van der Waals surface area contributed by atoms with E-state index in [9.17, 15) is 5.11 Å². The van der Waals surface area contributed by atoms with Crippen LogP contribution in [0.1, 0.15) is 44.2 Å². The highest BCUT2D eigenvalue weighted by Crippen LogP contribution is 2.39. The van der Waals surface area contributed by atoms with E-state index < -0.39 is 0 Å². The smallest absolute Gasteiger partial charge is 0.0696 e. The molecule has 1 aromatic rings. The number of hydrogen-bond donors (Lipinski definition) is 1. The van der Waals surface area contributed by atoms with Crippen molar-refractivity contribution in [3.8, 4) is 0 Å². The first kappa shape index (κ1) is 12.2. The monoisotopic (exact) mass is 245 g/mol. The molecule has 2 heteroatoms. The van der Waals surface area contributed by atoms with Crippen LogP contribution in [0, 0.1) is 5.41 Å². The van der Waals surface area contributed by atoms with Crippen molar-refractivity contribution in [2.24, 2.45) is 5.41 Å². The Morgan fingerprint density at radius 3 is 2.39 bits per heavy atom. The molecule has 0 aromatic heterocycles. The Hall–Kier alpha value is -0.860. The Bertz CT molecular complexity index is 415. The van der Waals surface area contributed by atoms with Crippen LogP contribution < -0.4 is 0 Å². The van der Waals surface area contributed by atoms with Gasteiger partial charge in [0, 0.05) is 19.1 Å². The zero-order chi connectivity index (χ0) is 12.8. The predicted octanol–water partition coefficient (Wildman–Crippen LogP) is 2.94. The molecular weight excluding hydrogens is 222 g/mol. The van der Waals surface area contributed by atoms with Crippen molar-refractivity contribution < 1.29 is 5.11 Å². The van der Waals surface area contributed by atoms with Crippen LogP contribution in [0.2, 0.25) is 0 Å². The molecule has 2 nitrogen and oxygen atoms in total. The molecule has 1 heterocycles. The fourth-order valence-electron chi connectivity index (χ4n) is 3.50. The van der Waals surface area contributed by atoms with Gasteiger partial charge in [-0.25, -0.2) is 0 Å². The highest BCUT2D eigenvalue weighted by molar-refractivity contribution is 5.30. The maximum Gasteiger partial charge on any atom is 0.0696 e. The van der Waals surface area contributed by atoms with Crippen LogP contribution in [0.5, 0.6) is 0 Å². The van der Waals surface area contributed by atoms with Crippen LogP contribution in [-0.2, 0) is 13.1 Å². The summed E-state index contributed by atoms with van der Waals surface area (Å²) in [4.78, 5) is 2.47. The van der Waals surface area contributed by atoms with Crippen molar-refractivity contribution in [2.75, 3.05) is 0 Å². The molecular formula is C16H23NO. The van der Waals surface area contributed by atoms with Gasteiger partial charge < -0.3 is 5.11 Å². The Morgan fingerprint density at radius 2 is 1.78 bits per heavy atom. The molecule has 2 atom stereocenters. The van der Waals surface area contributed by atoms with E-state index in [0.29, 0.717) is 11.5 Å². The maximum absolute atomic E-state index is 10.3. The summed E-state index contributed by atoms with van der Waals surface area (Å²) in [6.07, 6.45) is 3.06. The lowest BCUT2D eigenvalue weighted by molar-refractivity contribution is -0.0193. The van der Waals surface area contributed by atoms with Gasteiger partial charge in [0.25, 0.3) is 0 Å². The number of nitrogens with zero attached hydrogens (tertiary/aromatic N) is 1. The number of benzene rings is 1. The fraction of sp³-hybridized carbons (Fsp3) is 0.625. The number of rotatable bonds is 1. The standard InChI is InChI=1S/C16H23NO/c1-16(2)8-7-15(18)14(9-16)17-10-12-5-3-4-6-13(12)11-17/h3-6,14-15,18H,7-11H2,1-2H3. The summed E-state index contributed by atoms with van der Waals surface area (Å²) in [6.45, 7) is 6.67. The topological polar surface area (TPSA) is 23.5 Å². The Morgan fingerprint density at radius 1 is 1.17 bits per heavy atom. The summed E-state index contributed by atoms with van der Waals surface area (Å²) in [6, 6.07) is 9.00. The zero-order valence-corrected chi connectivity index (χ0v) is 11.4. The van der Waals surface area contributed by atoms with Gasteiger partial charge in [-0.05, 0) is 35.8 Å². The second kappa shape index (κ2) is 4.36. The molecule has 1 saturated carbocycles. The Balaban J connectivity index is 1.77. The van der Waals surface area contributed by atoms with Gasteiger partial charge in [0.1, 0.15) is 0 Å². The first-order valence-electron chi connectivity index (χ1n) is 7.04. The molecule has 0 saturated heterocycles. The minimum absolute atomic E-state index is 0.146. The summed E-state index contributed by atoms with van der Waals surface area (Å²) < 4.78 is 0. The second-order valence-electron chi connectivity index (χ2n) is 6.72. The van der Waals surface area contributed by atoms with Crippen LogP contribution in [0.3, 0.4) is 0 Å². The summed E-state index contributed by atoms with van der Waals surface area (Å²) in [5.41, 5.74) is 3.25. The molecule has 98 valence electrons. The van der Waals surface area contributed by atoms with E-state index >= 15 is 0 Å². The summed E-state index contributed by atoms with van der Waals surface area (Å²) in [5, 5.41) is 10.3. The number of aliphatic hydroxyl groups is 1. The van der Waals surface area contributed by atoms with Gasteiger partial charge in [-0.2, -0.15) is 0 Å². The normalized spacial score (nSPS) is 31.3. The van der Waals surface area contributed by atoms with E-state index in [1.54, 1.807) is 0 Å².